The fourth-order valence-electron chi connectivity index (χ4n) is 8.77. The van der Waals surface area contributed by atoms with Crippen LogP contribution in [0.3, 0.4) is 0 Å². The van der Waals surface area contributed by atoms with Crippen molar-refractivity contribution in [3.63, 3.8) is 0 Å². The maximum Gasteiger partial charge on any atom is 0.0165 e. The van der Waals surface area contributed by atoms with E-state index in [0.29, 0.717) is 5.41 Å². The number of fused-ring (bicyclic) bond motifs is 3. The van der Waals surface area contributed by atoms with Gasteiger partial charge in [0.05, 0.1) is 0 Å². The summed E-state index contributed by atoms with van der Waals surface area (Å²) in [7, 11) is 0. The molecule has 0 heteroatoms. The zero-order valence-corrected chi connectivity index (χ0v) is 19.7. The van der Waals surface area contributed by atoms with E-state index in [1.165, 1.54) is 77.5 Å². The molecule has 0 amide bonds. The minimum absolute atomic E-state index is 0.0353. The van der Waals surface area contributed by atoms with Crippen LogP contribution >= 0.6 is 0 Å². The molecule has 32 heavy (non-hydrogen) atoms. The lowest BCUT2D eigenvalue weighted by Gasteiger charge is -2.57. The number of aryl methyl sites for hydroxylation is 1. The number of hydrogen-bond acceptors (Lipinski definition) is 0. The highest BCUT2D eigenvalue weighted by Gasteiger charge is 2.51. The van der Waals surface area contributed by atoms with Crippen LogP contribution in [0.1, 0.15) is 74.6 Å². The second-order valence-corrected chi connectivity index (χ2v) is 12.2. The largest absolute Gasteiger partial charge is 0.0619 e. The summed E-state index contributed by atoms with van der Waals surface area (Å²) in [5.74, 6) is 3.00. The average molecular weight is 419 g/mol. The monoisotopic (exact) mass is 418 g/mol. The summed E-state index contributed by atoms with van der Waals surface area (Å²) in [6.07, 6.45) is 8.88. The standard InChI is InChI=1S/C32H34/c1-20-12-27(30-28(13-20)26-6-4-5-7-29(26)31(30,2)3)24-8-10-25(11-9-24)32-17-21-14-22(18-32)16-23(15-21)19-32/h4-13,21-23H,14-19H2,1-3H3. The molecule has 5 aliphatic carbocycles. The molecule has 4 fully saturated rings. The highest BCUT2D eigenvalue weighted by atomic mass is 14.6. The fourth-order valence-corrected chi connectivity index (χ4v) is 8.77. The van der Waals surface area contributed by atoms with Crippen molar-refractivity contribution < 1.29 is 0 Å². The predicted molar refractivity (Wildman–Crippen MR) is 134 cm³/mol. The van der Waals surface area contributed by atoms with E-state index in [0.717, 1.165) is 17.8 Å². The molecule has 4 saturated carbocycles. The third-order valence-corrected chi connectivity index (χ3v) is 9.64. The van der Waals surface area contributed by atoms with Gasteiger partial charge < -0.3 is 0 Å². The van der Waals surface area contributed by atoms with Crippen LogP contribution < -0.4 is 0 Å². The van der Waals surface area contributed by atoms with Gasteiger partial charge in [0.2, 0.25) is 0 Å². The van der Waals surface area contributed by atoms with Gasteiger partial charge in [0.1, 0.15) is 0 Å². The van der Waals surface area contributed by atoms with Gasteiger partial charge in [0.25, 0.3) is 0 Å². The van der Waals surface area contributed by atoms with Crippen LogP contribution in [0.25, 0.3) is 22.3 Å². The Balaban J connectivity index is 1.32. The topological polar surface area (TPSA) is 0 Å². The van der Waals surface area contributed by atoms with Gasteiger partial charge in [-0.2, -0.15) is 0 Å². The van der Waals surface area contributed by atoms with Gasteiger partial charge >= 0.3 is 0 Å². The fraction of sp³-hybridized carbons (Fsp3) is 0.438. The first-order chi connectivity index (χ1) is 15.4. The van der Waals surface area contributed by atoms with E-state index in [1.807, 2.05) is 0 Å². The van der Waals surface area contributed by atoms with Crippen LogP contribution in [0.4, 0.5) is 0 Å². The van der Waals surface area contributed by atoms with Gasteiger partial charge in [-0.05, 0) is 113 Å². The summed E-state index contributed by atoms with van der Waals surface area (Å²) in [4.78, 5) is 0. The lowest BCUT2D eigenvalue weighted by Crippen LogP contribution is -2.48. The first-order valence-electron chi connectivity index (χ1n) is 12.8. The van der Waals surface area contributed by atoms with Crippen molar-refractivity contribution in [2.24, 2.45) is 17.8 Å². The maximum atomic E-state index is 2.51. The molecule has 0 radical (unpaired) electrons. The molecule has 0 N–H and O–H groups in total. The summed E-state index contributed by atoms with van der Waals surface area (Å²) in [5, 5.41) is 0. The highest BCUT2D eigenvalue weighted by Crippen LogP contribution is 2.61. The van der Waals surface area contributed by atoms with Gasteiger partial charge in [-0.3, -0.25) is 0 Å². The molecule has 0 aromatic heterocycles. The molecule has 4 bridgehead atoms. The summed E-state index contributed by atoms with van der Waals surface area (Å²) < 4.78 is 0. The Morgan fingerprint density at radius 3 is 1.94 bits per heavy atom. The molecule has 162 valence electrons. The highest BCUT2D eigenvalue weighted by molar-refractivity contribution is 5.88. The Morgan fingerprint density at radius 1 is 0.688 bits per heavy atom. The smallest absolute Gasteiger partial charge is 0.0165 e. The molecule has 0 spiro atoms. The quantitative estimate of drug-likeness (QED) is 0.392. The van der Waals surface area contributed by atoms with Crippen molar-refractivity contribution in [3.8, 4) is 22.3 Å². The van der Waals surface area contributed by atoms with Crippen molar-refractivity contribution in [2.75, 3.05) is 0 Å². The van der Waals surface area contributed by atoms with Crippen LogP contribution in [0.2, 0.25) is 0 Å². The van der Waals surface area contributed by atoms with Gasteiger partial charge in [0.15, 0.2) is 0 Å². The second kappa shape index (κ2) is 6.37. The minimum atomic E-state index is 0.0353. The van der Waals surface area contributed by atoms with Crippen LogP contribution in [0.5, 0.6) is 0 Å². The normalized spacial score (nSPS) is 30.9. The van der Waals surface area contributed by atoms with Crippen LogP contribution in [0.15, 0.2) is 60.7 Å². The van der Waals surface area contributed by atoms with Gasteiger partial charge in [-0.25, -0.2) is 0 Å². The minimum Gasteiger partial charge on any atom is -0.0619 e. The van der Waals surface area contributed by atoms with Crippen LogP contribution in [-0.4, -0.2) is 0 Å². The van der Waals surface area contributed by atoms with E-state index < -0.39 is 0 Å². The Hall–Kier alpha value is -2.34. The van der Waals surface area contributed by atoms with Gasteiger partial charge in [-0.15, -0.1) is 0 Å². The van der Waals surface area contributed by atoms with Crippen molar-refractivity contribution >= 4 is 0 Å². The van der Waals surface area contributed by atoms with Crippen molar-refractivity contribution in [1.82, 2.24) is 0 Å². The molecule has 0 nitrogen and oxygen atoms in total. The Kier molecular flexibility index (Phi) is 3.82. The van der Waals surface area contributed by atoms with Crippen molar-refractivity contribution in [1.29, 1.82) is 0 Å². The first kappa shape index (κ1) is 19.2. The SMILES string of the molecule is Cc1cc(-c2ccc(C34CC5CC(CC(C5)C3)C4)cc2)c2c(c1)-c1ccccc1C2(C)C. The van der Waals surface area contributed by atoms with Crippen molar-refractivity contribution in [2.45, 2.75) is 70.1 Å². The average Bonchev–Trinajstić information content (AvgIpc) is 3.00. The molecule has 3 aromatic rings. The Morgan fingerprint density at radius 2 is 1.28 bits per heavy atom. The van der Waals surface area contributed by atoms with E-state index in [1.54, 1.807) is 5.56 Å². The van der Waals surface area contributed by atoms with E-state index in [2.05, 4.69) is 81.4 Å². The predicted octanol–water partition coefficient (Wildman–Crippen LogP) is 8.44. The molecule has 0 unspecified atom stereocenters. The number of benzene rings is 3. The zero-order valence-electron chi connectivity index (χ0n) is 19.7. The molecule has 5 aliphatic rings. The summed E-state index contributed by atoms with van der Waals surface area (Å²) >= 11 is 0. The molecule has 0 atom stereocenters. The van der Waals surface area contributed by atoms with Gasteiger partial charge in [0, 0.05) is 5.41 Å². The first-order valence-corrected chi connectivity index (χ1v) is 12.8. The molecular formula is C32H34. The van der Waals surface area contributed by atoms with E-state index in [4.69, 9.17) is 0 Å². The molecule has 0 aliphatic heterocycles. The second-order valence-electron chi connectivity index (χ2n) is 12.2. The third-order valence-electron chi connectivity index (χ3n) is 9.64. The Bertz CT molecular complexity index is 1190. The van der Waals surface area contributed by atoms with Crippen molar-refractivity contribution in [3.05, 3.63) is 82.9 Å². The van der Waals surface area contributed by atoms with Gasteiger partial charge in [-0.1, -0.05) is 74.5 Å². The Labute approximate surface area is 193 Å². The molecule has 8 rings (SSSR count). The third kappa shape index (κ3) is 2.56. The zero-order chi connectivity index (χ0) is 21.7. The van der Waals surface area contributed by atoms with Crippen LogP contribution in [0, 0.1) is 24.7 Å². The summed E-state index contributed by atoms with van der Waals surface area (Å²) in [5.41, 5.74) is 12.2. The molecule has 0 heterocycles. The maximum absolute atomic E-state index is 2.51. The summed E-state index contributed by atoms with van der Waals surface area (Å²) in [6.45, 7) is 7.06. The molecular weight excluding hydrogens is 384 g/mol. The molecule has 0 saturated heterocycles. The number of rotatable bonds is 2. The lowest BCUT2D eigenvalue weighted by molar-refractivity contribution is -0.00518. The van der Waals surface area contributed by atoms with Crippen LogP contribution in [-0.2, 0) is 10.8 Å². The van der Waals surface area contributed by atoms with E-state index in [-0.39, 0.29) is 5.41 Å². The van der Waals surface area contributed by atoms with E-state index in [9.17, 15) is 0 Å². The molecule has 3 aromatic carbocycles. The van der Waals surface area contributed by atoms with E-state index >= 15 is 0 Å². The lowest BCUT2D eigenvalue weighted by atomic mass is 9.48. The summed E-state index contributed by atoms with van der Waals surface area (Å²) in [6, 6.07) is 23.7. The number of hydrogen-bond donors (Lipinski definition) is 0.